The van der Waals surface area contributed by atoms with Crippen molar-refractivity contribution in [2.75, 3.05) is 5.73 Å². The van der Waals surface area contributed by atoms with Gasteiger partial charge in [0.15, 0.2) is 5.52 Å². The van der Waals surface area contributed by atoms with Crippen LogP contribution in [0.5, 0.6) is 5.75 Å². The summed E-state index contributed by atoms with van der Waals surface area (Å²) in [4.78, 5) is 4.15. The number of hydrogen-bond donors (Lipinski definition) is 1. The topological polar surface area (TPSA) is 87.1 Å². The fourth-order valence-corrected chi connectivity index (χ4v) is 2.27. The highest BCUT2D eigenvalue weighted by Crippen LogP contribution is 2.29. The highest BCUT2D eigenvalue weighted by molar-refractivity contribution is 5.85. The van der Waals surface area contributed by atoms with E-state index in [0.29, 0.717) is 17.3 Å². The molecule has 0 aliphatic heterocycles. The summed E-state index contributed by atoms with van der Waals surface area (Å²) in [6.07, 6.45) is -4.87. The molecule has 0 fully saturated rings. The first-order chi connectivity index (χ1) is 11.2. The molecule has 0 atom stereocenters. The molecule has 0 bridgehead atoms. The summed E-state index contributed by atoms with van der Waals surface area (Å²) in [7, 11) is 0. The van der Waals surface area contributed by atoms with Crippen LogP contribution in [0.4, 0.5) is 23.2 Å². The fraction of sp³-hybridized carbons (Fsp3) is 0.214. The smallest absolute Gasteiger partial charge is 0.406 e. The Morgan fingerprint density at radius 2 is 2.00 bits per heavy atom. The van der Waals surface area contributed by atoms with Crippen molar-refractivity contribution in [1.82, 2.24) is 15.3 Å². The van der Waals surface area contributed by atoms with E-state index in [-0.39, 0.29) is 28.8 Å². The van der Waals surface area contributed by atoms with E-state index in [2.05, 4.69) is 24.7 Å². The van der Waals surface area contributed by atoms with E-state index in [0.717, 1.165) is 6.07 Å². The van der Waals surface area contributed by atoms with Crippen molar-refractivity contribution in [3.63, 3.8) is 0 Å². The van der Waals surface area contributed by atoms with Crippen LogP contribution in [-0.2, 0) is 6.42 Å². The van der Waals surface area contributed by atoms with Gasteiger partial charge in [-0.3, -0.25) is 0 Å². The summed E-state index contributed by atoms with van der Waals surface area (Å²) < 4.78 is 58.8. The highest BCUT2D eigenvalue weighted by atomic mass is 19.4. The van der Waals surface area contributed by atoms with E-state index >= 15 is 0 Å². The largest absolute Gasteiger partial charge is 0.573 e. The molecule has 0 amide bonds. The molecule has 2 N–H and O–H groups in total. The van der Waals surface area contributed by atoms with Gasteiger partial charge < -0.3 is 10.5 Å². The number of alkyl halides is 3. The van der Waals surface area contributed by atoms with E-state index in [1.165, 1.54) is 6.07 Å². The molecule has 10 heteroatoms. The molecule has 0 unspecified atom stereocenters. The molecular weight excluding hydrogens is 332 g/mol. The third-order valence-corrected chi connectivity index (χ3v) is 3.39. The predicted octanol–water partition coefficient (Wildman–Crippen LogP) is 3.14. The third-order valence-electron chi connectivity index (χ3n) is 3.39. The lowest BCUT2D eigenvalue weighted by Crippen LogP contribution is -2.17. The molecule has 3 rings (SSSR count). The summed E-state index contributed by atoms with van der Waals surface area (Å²) in [5, 5.41) is 7.20. The molecule has 2 aromatic heterocycles. The van der Waals surface area contributed by atoms with Gasteiger partial charge >= 0.3 is 6.36 Å². The second-order valence-corrected chi connectivity index (χ2v) is 5.00. The number of nitrogen functional groups attached to an aromatic ring is 1. The second kappa shape index (κ2) is 5.62. The molecule has 0 aliphatic carbocycles. The lowest BCUT2D eigenvalue weighted by Gasteiger charge is -2.12. The number of nitrogens with zero attached hydrogens (tertiary/aromatic N) is 3. The van der Waals surface area contributed by atoms with Gasteiger partial charge in [-0.2, -0.15) is 0 Å². The lowest BCUT2D eigenvalue weighted by molar-refractivity contribution is -0.274. The van der Waals surface area contributed by atoms with Crippen LogP contribution < -0.4 is 10.5 Å². The van der Waals surface area contributed by atoms with E-state index in [1.807, 2.05) is 0 Å². The molecule has 0 aliphatic rings. The number of anilines is 1. The Morgan fingerprint density at radius 3 is 2.67 bits per heavy atom. The fourth-order valence-electron chi connectivity index (χ4n) is 2.27. The van der Waals surface area contributed by atoms with Crippen LogP contribution >= 0.6 is 0 Å². The monoisotopic (exact) mass is 342 g/mol. The molecule has 2 heterocycles. The van der Waals surface area contributed by atoms with E-state index in [1.54, 1.807) is 6.92 Å². The number of hydrogen-bond acceptors (Lipinski definition) is 6. The number of aryl methyl sites for hydroxylation is 1. The maximum Gasteiger partial charge on any atom is 0.573 e. The van der Waals surface area contributed by atoms with E-state index in [9.17, 15) is 17.6 Å². The number of benzene rings is 1. The van der Waals surface area contributed by atoms with Crippen molar-refractivity contribution in [3.05, 3.63) is 40.8 Å². The Labute approximate surface area is 132 Å². The number of halogens is 4. The molecule has 126 valence electrons. The second-order valence-electron chi connectivity index (χ2n) is 5.00. The van der Waals surface area contributed by atoms with Gasteiger partial charge in [0.05, 0.1) is 5.69 Å². The number of ether oxygens (including phenoxy) is 1. The van der Waals surface area contributed by atoms with Crippen molar-refractivity contribution in [2.24, 2.45) is 0 Å². The zero-order valence-electron chi connectivity index (χ0n) is 12.2. The number of pyridine rings is 1. The Kier molecular flexibility index (Phi) is 3.74. The molecule has 0 saturated carbocycles. The first-order valence-electron chi connectivity index (χ1n) is 6.66. The minimum Gasteiger partial charge on any atom is -0.406 e. The quantitative estimate of drug-likeness (QED) is 0.736. The first-order valence-corrected chi connectivity index (χ1v) is 6.66. The molecule has 0 saturated heterocycles. The summed E-state index contributed by atoms with van der Waals surface area (Å²) in [5.74, 6) is -1.49. The zero-order chi connectivity index (χ0) is 17.5. The van der Waals surface area contributed by atoms with Crippen LogP contribution in [0.15, 0.2) is 22.8 Å². The van der Waals surface area contributed by atoms with E-state index in [4.69, 9.17) is 5.73 Å². The van der Waals surface area contributed by atoms with Crippen molar-refractivity contribution >= 4 is 16.9 Å². The SMILES string of the molecule is Cc1nc2nonc2c(N)c1Cc1ccc(OC(F)(F)F)cc1F. The average Bonchev–Trinajstić information content (AvgIpc) is 2.92. The normalized spacial score (nSPS) is 11.9. The average molecular weight is 342 g/mol. The van der Waals surface area contributed by atoms with Crippen molar-refractivity contribution < 1.29 is 26.9 Å². The lowest BCUT2D eigenvalue weighted by atomic mass is 10.0. The number of rotatable bonds is 3. The van der Waals surface area contributed by atoms with Gasteiger partial charge in [-0.25, -0.2) is 14.0 Å². The Bertz CT molecular complexity index is 908. The van der Waals surface area contributed by atoms with Gasteiger partial charge in [0.25, 0.3) is 0 Å². The van der Waals surface area contributed by atoms with Crippen LogP contribution in [0.1, 0.15) is 16.8 Å². The van der Waals surface area contributed by atoms with Crippen molar-refractivity contribution in [1.29, 1.82) is 0 Å². The summed E-state index contributed by atoms with van der Waals surface area (Å²) in [6, 6.07) is 2.89. The van der Waals surface area contributed by atoms with Crippen molar-refractivity contribution in [2.45, 2.75) is 19.7 Å². The van der Waals surface area contributed by atoms with Gasteiger partial charge in [-0.1, -0.05) is 6.07 Å². The van der Waals surface area contributed by atoms with Crippen molar-refractivity contribution in [3.8, 4) is 5.75 Å². The number of aromatic nitrogens is 3. The molecule has 6 nitrogen and oxygen atoms in total. The minimum atomic E-state index is -4.89. The minimum absolute atomic E-state index is 0.0194. The van der Waals surface area contributed by atoms with Gasteiger partial charge in [-0.05, 0) is 28.9 Å². The van der Waals surface area contributed by atoms with E-state index < -0.39 is 17.9 Å². The molecule has 24 heavy (non-hydrogen) atoms. The maximum atomic E-state index is 14.1. The Balaban J connectivity index is 1.94. The number of nitrogens with two attached hydrogens (primary N) is 1. The maximum absolute atomic E-state index is 14.1. The molecular formula is C14H10F4N4O2. The zero-order valence-corrected chi connectivity index (χ0v) is 12.2. The molecule has 1 aromatic carbocycles. The molecule has 3 aromatic rings. The highest BCUT2D eigenvalue weighted by Gasteiger charge is 2.31. The first kappa shape index (κ1) is 16.0. The van der Waals surface area contributed by atoms with Gasteiger partial charge in [0, 0.05) is 23.7 Å². The summed E-state index contributed by atoms with van der Waals surface area (Å²) in [6.45, 7) is 1.65. The molecule has 0 spiro atoms. The summed E-state index contributed by atoms with van der Waals surface area (Å²) in [5.41, 5.74) is 7.79. The van der Waals surface area contributed by atoms with Crippen LogP contribution in [0.3, 0.4) is 0 Å². The third kappa shape index (κ3) is 3.07. The van der Waals surface area contributed by atoms with Crippen LogP contribution in [0, 0.1) is 12.7 Å². The number of fused-ring (bicyclic) bond motifs is 1. The van der Waals surface area contributed by atoms with Gasteiger partial charge in [0.1, 0.15) is 11.6 Å². The standard InChI is InChI=1S/C14H10F4N4O2/c1-6-9(11(19)12-13(20-6)22-24-21-12)4-7-2-3-8(5-10(7)15)23-14(16,17)18/h2-3,5H,4,19H2,1H3. The van der Waals surface area contributed by atoms with Crippen LogP contribution in [0.25, 0.3) is 11.2 Å². The Morgan fingerprint density at radius 1 is 1.25 bits per heavy atom. The van der Waals surface area contributed by atoms with Gasteiger partial charge in [0.2, 0.25) is 5.65 Å². The van der Waals surface area contributed by atoms with Gasteiger partial charge in [-0.15, -0.1) is 13.2 Å². The Hall–Kier alpha value is -2.91. The van der Waals surface area contributed by atoms with Crippen LogP contribution in [-0.4, -0.2) is 21.7 Å². The predicted molar refractivity (Wildman–Crippen MR) is 74.6 cm³/mol. The summed E-state index contributed by atoms with van der Waals surface area (Å²) >= 11 is 0. The van der Waals surface area contributed by atoms with Crippen LogP contribution in [0.2, 0.25) is 0 Å². The molecule has 0 radical (unpaired) electrons.